The highest BCUT2D eigenvalue weighted by Gasteiger charge is 2.24. The Bertz CT molecular complexity index is 605. The summed E-state index contributed by atoms with van der Waals surface area (Å²) in [7, 11) is 0. The van der Waals surface area contributed by atoms with Gasteiger partial charge in [0, 0.05) is 30.9 Å². The van der Waals surface area contributed by atoms with Crippen LogP contribution >= 0.6 is 0 Å². The second-order valence-corrected chi connectivity index (χ2v) is 5.13. The first-order valence-electron chi connectivity index (χ1n) is 7.13. The van der Waals surface area contributed by atoms with Crippen LogP contribution in [-0.2, 0) is 4.79 Å². The number of hydrogen-bond acceptors (Lipinski definition) is 3. The molecule has 1 aliphatic rings. The molecule has 1 aromatic carbocycles. The van der Waals surface area contributed by atoms with Gasteiger partial charge >= 0.3 is 0 Å². The van der Waals surface area contributed by atoms with Crippen molar-refractivity contribution in [2.75, 3.05) is 18.4 Å². The van der Waals surface area contributed by atoms with Crippen molar-refractivity contribution in [2.45, 2.75) is 12.5 Å². The Kier molecular flexibility index (Phi) is 4.05. The third-order valence-electron chi connectivity index (χ3n) is 3.58. The maximum Gasteiger partial charge on any atom is 0.246 e. The van der Waals surface area contributed by atoms with Crippen LogP contribution in [-0.4, -0.2) is 29.9 Å². The first-order chi connectivity index (χ1) is 10.3. The van der Waals surface area contributed by atoms with Crippen LogP contribution < -0.4 is 5.32 Å². The average Bonchev–Trinajstić information content (AvgIpc) is 3.17. The Labute approximate surface area is 124 Å². The summed E-state index contributed by atoms with van der Waals surface area (Å²) in [5.74, 6) is 0.727. The van der Waals surface area contributed by atoms with E-state index < -0.39 is 0 Å². The zero-order valence-electron chi connectivity index (χ0n) is 11.7. The molecule has 1 aliphatic heterocycles. The summed E-state index contributed by atoms with van der Waals surface area (Å²) in [5, 5.41) is 3.46. The molecule has 0 bridgehead atoms. The molecule has 0 saturated carbocycles. The van der Waals surface area contributed by atoms with Gasteiger partial charge in [-0.3, -0.25) is 4.79 Å². The molecule has 1 atom stereocenters. The lowest BCUT2D eigenvalue weighted by molar-refractivity contribution is -0.124. The number of carbonyl (C=O) groups excluding carboxylic acids is 1. The predicted molar refractivity (Wildman–Crippen MR) is 82.8 cm³/mol. The molecule has 1 unspecified atom stereocenters. The molecule has 1 N–H and O–H groups in total. The summed E-state index contributed by atoms with van der Waals surface area (Å²) in [4.78, 5) is 14.0. The van der Waals surface area contributed by atoms with Crippen LogP contribution in [0, 0.1) is 0 Å². The molecule has 1 amide bonds. The van der Waals surface area contributed by atoms with Crippen molar-refractivity contribution < 1.29 is 9.21 Å². The summed E-state index contributed by atoms with van der Waals surface area (Å²) < 4.78 is 5.18. The van der Waals surface area contributed by atoms with E-state index in [9.17, 15) is 4.79 Å². The minimum absolute atomic E-state index is 0.0313. The zero-order chi connectivity index (χ0) is 14.5. The number of furan rings is 1. The number of nitrogens with one attached hydrogen (secondary N) is 1. The molecule has 108 valence electrons. The second-order valence-electron chi connectivity index (χ2n) is 5.13. The number of hydrogen-bond donors (Lipinski definition) is 1. The Morgan fingerprint density at radius 1 is 1.24 bits per heavy atom. The van der Waals surface area contributed by atoms with Crippen molar-refractivity contribution in [3.8, 4) is 0 Å². The number of amides is 1. The van der Waals surface area contributed by atoms with Gasteiger partial charge in [0.05, 0.1) is 6.26 Å². The highest BCUT2D eigenvalue weighted by atomic mass is 16.3. The Morgan fingerprint density at radius 3 is 2.86 bits per heavy atom. The fourth-order valence-electron chi connectivity index (χ4n) is 2.49. The number of benzene rings is 1. The first-order valence-corrected chi connectivity index (χ1v) is 7.13. The van der Waals surface area contributed by atoms with Gasteiger partial charge in [-0.2, -0.15) is 0 Å². The summed E-state index contributed by atoms with van der Waals surface area (Å²) in [6, 6.07) is 14.0. The van der Waals surface area contributed by atoms with Crippen molar-refractivity contribution in [2.24, 2.45) is 0 Å². The molecule has 0 spiro atoms. The summed E-state index contributed by atoms with van der Waals surface area (Å²) >= 11 is 0. The lowest BCUT2D eigenvalue weighted by Crippen LogP contribution is -2.30. The number of rotatable bonds is 4. The van der Waals surface area contributed by atoms with E-state index in [4.69, 9.17) is 4.42 Å². The molecular formula is C17H18N2O2. The fourth-order valence-corrected chi connectivity index (χ4v) is 2.49. The van der Waals surface area contributed by atoms with E-state index in [2.05, 4.69) is 5.32 Å². The van der Waals surface area contributed by atoms with Crippen LogP contribution in [0.2, 0.25) is 0 Å². The zero-order valence-corrected chi connectivity index (χ0v) is 11.7. The standard InChI is InChI=1S/C17H18N2O2/c20-17(9-8-16-7-4-12-21-16)19-11-10-15(13-19)18-14-5-2-1-3-6-14/h1-9,12,15,18H,10-11,13H2/b9-8+. The normalized spacial score (nSPS) is 18.3. The quantitative estimate of drug-likeness (QED) is 0.877. The molecule has 2 aromatic rings. The van der Waals surface area contributed by atoms with E-state index in [0.29, 0.717) is 11.8 Å². The monoisotopic (exact) mass is 282 g/mol. The number of nitrogens with zero attached hydrogens (tertiary/aromatic N) is 1. The van der Waals surface area contributed by atoms with Crippen LogP contribution in [0.4, 0.5) is 5.69 Å². The molecule has 0 radical (unpaired) electrons. The van der Waals surface area contributed by atoms with Crippen molar-refractivity contribution in [1.82, 2.24) is 4.90 Å². The third-order valence-corrected chi connectivity index (χ3v) is 3.58. The van der Waals surface area contributed by atoms with Crippen molar-refractivity contribution >= 4 is 17.7 Å². The number of anilines is 1. The van der Waals surface area contributed by atoms with Crippen LogP contribution in [0.3, 0.4) is 0 Å². The lowest BCUT2D eigenvalue weighted by Gasteiger charge is -2.16. The van der Waals surface area contributed by atoms with E-state index in [1.54, 1.807) is 24.5 Å². The van der Waals surface area contributed by atoms with E-state index in [-0.39, 0.29) is 5.91 Å². The van der Waals surface area contributed by atoms with Crippen molar-refractivity contribution in [3.63, 3.8) is 0 Å². The average molecular weight is 282 g/mol. The summed E-state index contributed by atoms with van der Waals surface area (Å²) in [5.41, 5.74) is 1.10. The van der Waals surface area contributed by atoms with Crippen LogP contribution in [0.25, 0.3) is 6.08 Å². The summed E-state index contributed by atoms with van der Waals surface area (Å²) in [6.07, 6.45) is 5.85. The number of para-hydroxylation sites is 1. The molecule has 1 aromatic heterocycles. The molecule has 3 rings (SSSR count). The molecular weight excluding hydrogens is 264 g/mol. The molecule has 2 heterocycles. The van der Waals surface area contributed by atoms with Gasteiger partial charge in [-0.15, -0.1) is 0 Å². The van der Waals surface area contributed by atoms with Gasteiger partial charge < -0.3 is 14.6 Å². The van der Waals surface area contributed by atoms with Crippen LogP contribution in [0.5, 0.6) is 0 Å². The van der Waals surface area contributed by atoms with Gasteiger partial charge in [-0.05, 0) is 36.8 Å². The molecule has 0 aliphatic carbocycles. The molecule has 4 nitrogen and oxygen atoms in total. The van der Waals surface area contributed by atoms with Gasteiger partial charge in [0.15, 0.2) is 0 Å². The smallest absolute Gasteiger partial charge is 0.246 e. The maximum absolute atomic E-state index is 12.1. The second kappa shape index (κ2) is 6.31. The largest absolute Gasteiger partial charge is 0.465 e. The van der Waals surface area contributed by atoms with Crippen molar-refractivity contribution in [3.05, 3.63) is 60.6 Å². The minimum atomic E-state index is 0.0313. The van der Waals surface area contributed by atoms with E-state index >= 15 is 0 Å². The first kappa shape index (κ1) is 13.5. The third kappa shape index (κ3) is 3.54. The number of carbonyl (C=O) groups is 1. The Morgan fingerprint density at radius 2 is 2.10 bits per heavy atom. The fraction of sp³-hybridized carbons (Fsp3) is 0.235. The highest BCUT2D eigenvalue weighted by Crippen LogP contribution is 2.16. The SMILES string of the molecule is O=C(/C=C/c1ccco1)N1CCC(Nc2ccccc2)C1. The van der Waals surface area contributed by atoms with Gasteiger partial charge in [-0.25, -0.2) is 0 Å². The van der Waals surface area contributed by atoms with Gasteiger partial charge in [0.2, 0.25) is 5.91 Å². The highest BCUT2D eigenvalue weighted by molar-refractivity contribution is 5.91. The minimum Gasteiger partial charge on any atom is -0.465 e. The van der Waals surface area contributed by atoms with E-state index in [1.807, 2.05) is 41.3 Å². The van der Waals surface area contributed by atoms with E-state index in [1.165, 1.54) is 0 Å². The Balaban J connectivity index is 1.53. The van der Waals surface area contributed by atoms with Gasteiger partial charge in [-0.1, -0.05) is 18.2 Å². The predicted octanol–water partition coefficient (Wildman–Crippen LogP) is 3.01. The van der Waals surface area contributed by atoms with Crippen LogP contribution in [0.15, 0.2) is 59.2 Å². The molecule has 1 saturated heterocycles. The lowest BCUT2D eigenvalue weighted by atomic mass is 10.2. The Hall–Kier alpha value is -2.49. The summed E-state index contributed by atoms with van der Waals surface area (Å²) in [6.45, 7) is 1.52. The van der Waals surface area contributed by atoms with Crippen molar-refractivity contribution in [1.29, 1.82) is 0 Å². The number of likely N-dealkylation sites (tertiary alicyclic amines) is 1. The topological polar surface area (TPSA) is 45.5 Å². The molecule has 1 fully saturated rings. The molecule has 4 heteroatoms. The maximum atomic E-state index is 12.1. The van der Waals surface area contributed by atoms with Crippen LogP contribution in [0.1, 0.15) is 12.2 Å². The molecule has 21 heavy (non-hydrogen) atoms. The van der Waals surface area contributed by atoms with E-state index in [0.717, 1.165) is 25.2 Å². The van der Waals surface area contributed by atoms with Gasteiger partial charge in [0.1, 0.15) is 5.76 Å². The van der Waals surface area contributed by atoms with Gasteiger partial charge in [0.25, 0.3) is 0 Å².